The van der Waals surface area contributed by atoms with Gasteiger partial charge in [0.05, 0.1) is 13.7 Å². The van der Waals surface area contributed by atoms with E-state index in [9.17, 15) is 0 Å². The minimum Gasteiger partial charge on any atom is -0.376 e. The van der Waals surface area contributed by atoms with Gasteiger partial charge in [0, 0.05) is 18.4 Å². The fourth-order valence-corrected chi connectivity index (χ4v) is 17.4. The van der Waals surface area contributed by atoms with Crippen LogP contribution >= 0.6 is 79.6 Å². The summed E-state index contributed by atoms with van der Waals surface area (Å²) in [6.45, 7) is 12.7. The molecular weight excluding hydrogens is 776 g/mol. The number of alkyl halides is 5. The van der Waals surface area contributed by atoms with Crippen molar-refractivity contribution in [1.82, 2.24) is 0 Å². The Morgan fingerprint density at radius 3 is 2.14 bits per heavy atom. The van der Waals surface area contributed by atoms with Crippen LogP contribution in [0.15, 0.2) is 0 Å². The summed E-state index contributed by atoms with van der Waals surface area (Å²) < 4.78 is 7.13. The summed E-state index contributed by atoms with van der Waals surface area (Å²) in [5, 5.41) is 0. The third kappa shape index (κ3) is 3.19. The number of halogens is 5. The molecule has 0 saturated heterocycles. The Balaban J connectivity index is 1.28. The van der Waals surface area contributed by atoms with Gasteiger partial charge in [-0.15, -0.1) is 0 Å². The van der Waals surface area contributed by atoms with Gasteiger partial charge in [0.25, 0.3) is 0 Å². The Hall–Kier alpha value is 2.36. The summed E-state index contributed by atoms with van der Waals surface area (Å²) in [4.78, 5) is 0. The van der Waals surface area contributed by atoms with Crippen molar-refractivity contribution in [1.29, 1.82) is 0 Å². The second-order valence-corrected chi connectivity index (χ2v) is 22.8. The lowest BCUT2D eigenvalue weighted by Gasteiger charge is -2.65. The highest BCUT2D eigenvalue weighted by molar-refractivity contribution is 9.26. The summed E-state index contributed by atoms with van der Waals surface area (Å²) in [5.74, 6) is 6.25. The fourth-order valence-electron chi connectivity index (χ4n) is 12.2. The van der Waals surface area contributed by atoms with Crippen LogP contribution < -0.4 is 0 Å². The maximum absolute atomic E-state index is 6.69. The smallest absolute Gasteiger partial charge is 0.101 e. The Morgan fingerprint density at radius 1 is 0.889 bits per heavy atom. The normalized spacial score (nSPS) is 57.2. The number of methoxy groups -OCH3 is 1. The molecule has 36 heavy (non-hydrogen) atoms. The van der Waals surface area contributed by atoms with E-state index in [1.807, 2.05) is 7.11 Å². The molecule has 1 spiro atoms. The van der Waals surface area contributed by atoms with Gasteiger partial charge in [-0.25, -0.2) is 0 Å². The zero-order valence-corrected chi connectivity index (χ0v) is 30.8. The van der Waals surface area contributed by atoms with Gasteiger partial charge < -0.3 is 4.74 Å². The molecule has 0 aliphatic heterocycles. The summed E-state index contributed by atoms with van der Waals surface area (Å²) in [5.41, 5.74) is 1.22. The van der Waals surface area contributed by atoms with E-state index in [1.165, 1.54) is 57.8 Å². The first kappa shape index (κ1) is 28.5. The van der Waals surface area contributed by atoms with Crippen molar-refractivity contribution < 1.29 is 4.74 Å². The van der Waals surface area contributed by atoms with Crippen LogP contribution in [0.3, 0.4) is 0 Å². The van der Waals surface area contributed by atoms with Crippen molar-refractivity contribution in [3.63, 3.8) is 0 Å². The third-order valence-electron chi connectivity index (χ3n) is 14.0. The molecule has 0 bridgehead atoms. The largest absolute Gasteiger partial charge is 0.376 e. The van der Waals surface area contributed by atoms with E-state index in [4.69, 9.17) is 4.74 Å². The lowest BCUT2D eigenvalue weighted by molar-refractivity contribution is -0.206. The van der Waals surface area contributed by atoms with E-state index in [-0.39, 0.29) is 16.9 Å². The van der Waals surface area contributed by atoms with Crippen LogP contribution in [0.1, 0.15) is 92.4 Å². The van der Waals surface area contributed by atoms with E-state index in [2.05, 4.69) is 114 Å². The topological polar surface area (TPSA) is 9.23 Å². The zero-order valence-electron chi connectivity index (χ0n) is 22.9. The molecule has 0 heterocycles. The van der Waals surface area contributed by atoms with E-state index in [0.717, 1.165) is 35.5 Å². The molecule has 6 saturated carbocycles. The SMILES string of the molecule is CO[C@]1(C(Br)Br)C[C@H]2[C@@H]3CC[C@H]([C@H](C)CC4C(Br)(Br)C4(Br)C(C)C)[C@@]3(C)CC[C@@H]2[C@@]2(C)CC[C@@H]3C[C@]312. The molecule has 0 radical (unpaired) electrons. The molecule has 0 amide bonds. The summed E-state index contributed by atoms with van der Waals surface area (Å²) in [6.07, 6.45) is 12.5. The van der Waals surface area contributed by atoms with Crippen molar-refractivity contribution in [3.05, 3.63) is 0 Å². The molecule has 6 rings (SSSR count). The lowest BCUT2D eigenvalue weighted by atomic mass is 9.43. The highest BCUT2D eigenvalue weighted by Gasteiger charge is 2.83. The molecule has 2 unspecified atom stereocenters. The number of fused-ring (bicyclic) bond motifs is 4. The minimum atomic E-state index is -0.0710. The number of ether oxygens (including phenoxy) is 1. The van der Waals surface area contributed by atoms with Crippen LogP contribution in [0, 0.1) is 63.6 Å². The second-order valence-electron chi connectivity index (χ2n) is 14.8. The van der Waals surface area contributed by atoms with Gasteiger partial charge in [0.15, 0.2) is 0 Å². The fraction of sp³-hybridized carbons (Fsp3) is 1.00. The second kappa shape index (κ2) is 8.70. The minimum absolute atomic E-state index is 0.0421. The highest BCUT2D eigenvalue weighted by atomic mass is 79.9. The van der Waals surface area contributed by atoms with Gasteiger partial charge in [0.2, 0.25) is 0 Å². The van der Waals surface area contributed by atoms with Crippen LogP contribution in [0.4, 0.5) is 0 Å². The Labute approximate surface area is 262 Å². The first-order valence-electron chi connectivity index (χ1n) is 14.6. The molecule has 0 N–H and O–H groups in total. The quantitative estimate of drug-likeness (QED) is 0.243. The molecule has 6 aliphatic carbocycles. The molecule has 6 fully saturated rings. The van der Waals surface area contributed by atoms with Crippen molar-refractivity contribution in [2.75, 3.05) is 7.11 Å². The Bertz CT molecular complexity index is 923. The van der Waals surface area contributed by atoms with E-state index >= 15 is 0 Å². The van der Waals surface area contributed by atoms with Crippen molar-refractivity contribution in [2.45, 2.75) is 109 Å². The van der Waals surface area contributed by atoms with E-state index in [0.29, 0.717) is 28.1 Å². The first-order valence-corrected chi connectivity index (χ1v) is 18.8. The van der Waals surface area contributed by atoms with Gasteiger partial charge in [-0.05, 0) is 110 Å². The van der Waals surface area contributed by atoms with E-state index in [1.54, 1.807) is 0 Å². The maximum Gasteiger partial charge on any atom is 0.101 e. The molecule has 1 nitrogen and oxygen atoms in total. The molecule has 6 heteroatoms. The molecule has 0 aromatic rings. The molecular formula is C30H45Br5O. The molecule has 0 aromatic carbocycles. The van der Waals surface area contributed by atoms with Crippen LogP contribution in [0.5, 0.6) is 0 Å². The monoisotopic (exact) mass is 816 g/mol. The van der Waals surface area contributed by atoms with Crippen molar-refractivity contribution >= 4 is 79.6 Å². The lowest BCUT2D eigenvalue weighted by Crippen LogP contribution is -2.64. The van der Waals surface area contributed by atoms with Crippen LogP contribution in [-0.2, 0) is 4.74 Å². The van der Waals surface area contributed by atoms with Crippen molar-refractivity contribution in [2.24, 2.45) is 63.6 Å². The summed E-state index contributed by atoms with van der Waals surface area (Å²) >= 11 is 20.4. The zero-order chi connectivity index (χ0) is 26.3. The Morgan fingerprint density at radius 2 is 1.58 bits per heavy atom. The number of rotatable bonds is 6. The average molecular weight is 821 g/mol. The molecule has 12 atom stereocenters. The predicted molar refractivity (Wildman–Crippen MR) is 169 cm³/mol. The number of hydrogen-bond acceptors (Lipinski definition) is 1. The van der Waals surface area contributed by atoms with Crippen LogP contribution in [0.2, 0.25) is 0 Å². The van der Waals surface area contributed by atoms with E-state index < -0.39 is 0 Å². The van der Waals surface area contributed by atoms with Gasteiger partial charge in [-0.3, -0.25) is 0 Å². The maximum atomic E-state index is 6.69. The predicted octanol–water partition coefficient (Wildman–Crippen LogP) is 10.7. The van der Waals surface area contributed by atoms with Gasteiger partial charge in [-0.1, -0.05) is 114 Å². The van der Waals surface area contributed by atoms with Gasteiger partial charge >= 0.3 is 0 Å². The third-order valence-corrected chi connectivity index (χ3v) is 21.0. The molecule has 6 aliphatic rings. The number of hydrogen-bond donors (Lipinski definition) is 0. The molecule has 0 aromatic heterocycles. The Kier molecular flexibility index (Phi) is 6.88. The van der Waals surface area contributed by atoms with Crippen molar-refractivity contribution in [3.8, 4) is 0 Å². The summed E-state index contributed by atoms with van der Waals surface area (Å²) in [7, 11) is 2.02. The summed E-state index contributed by atoms with van der Waals surface area (Å²) in [6, 6.07) is 0. The molecule has 206 valence electrons. The van der Waals surface area contributed by atoms with Crippen LogP contribution in [0.25, 0.3) is 0 Å². The van der Waals surface area contributed by atoms with Gasteiger partial charge in [-0.2, -0.15) is 0 Å². The first-order chi connectivity index (χ1) is 16.7. The standard InChI is InChI=1S/C30H45Br5O/c1-16(2)29(33)23(30(29,34)35)13-17(3)20-7-8-21-19-15-28(36-6,24(31)32)27-14-18(27)9-12-26(27,5)22(19)10-11-25(20,21)4/h16-24H,7-15H2,1-6H3/t17-,18-,19+,20-,21+,22+,23?,25-,26-,27-,28+,29?/m1/s1. The highest BCUT2D eigenvalue weighted by Crippen LogP contribution is 2.86. The average Bonchev–Trinajstić information content (AvgIpc) is 3.50. The van der Waals surface area contributed by atoms with Crippen LogP contribution in [-0.4, -0.2) is 24.0 Å². The van der Waals surface area contributed by atoms with Gasteiger partial charge in [0.1, 0.15) is 3.23 Å².